The van der Waals surface area contributed by atoms with Gasteiger partial charge in [-0.25, -0.2) is 4.79 Å². The molecule has 1 aromatic heterocycles. The molecule has 0 atom stereocenters. The lowest BCUT2D eigenvalue weighted by molar-refractivity contribution is -0.146. The maximum atomic E-state index is 13.5. The Bertz CT molecular complexity index is 1530. The standard InChI is InChI=1S/C27H26F3N3O5/c1-37-19-11-18(10-17-4-3-5-22(21(17)13-31)27(28,29)30)23-20(12-19)24(34)33(26(36)32-23)14-15-6-8-16(9-7-15)25(35)38-2/h3-5,11-12,15-16H,6-10,14H2,1-2H3,(H,32,36)/t15-,16-. The van der Waals surface area contributed by atoms with Crippen LogP contribution in [0.3, 0.4) is 0 Å². The molecule has 3 aromatic rings. The normalized spacial score (nSPS) is 17.7. The Labute approximate surface area is 215 Å². The minimum absolute atomic E-state index is 0.0144. The van der Waals surface area contributed by atoms with E-state index in [9.17, 15) is 32.8 Å². The predicted octanol–water partition coefficient (Wildman–Crippen LogP) is 4.16. The summed E-state index contributed by atoms with van der Waals surface area (Å²) in [5, 5.41) is 9.63. The van der Waals surface area contributed by atoms with Crippen LogP contribution in [0.4, 0.5) is 13.2 Å². The van der Waals surface area contributed by atoms with Crippen molar-refractivity contribution in [3.8, 4) is 11.8 Å². The second kappa shape index (κ2) is 10.7. The predicted molar refractivity (Wildman–Crippen MR) is 132 cm³/mol. The van der Waals surface area contributed by atoms with Crippen LogP contribution in [0.25, 0.3) is 10.9 Å². The summed E-state index contributed by atoms with van der Waals surface area (Å²) >= 11 is 0. The number of methoxy groups -OCH3 is 2. The third kappa shape index (κ3) is 5.30. The molecule has 0 radical (unpaired) electrons. The lowest BCUT2D eigenvalue weighted by atomic mass is 9.82. The fraction of sp³-hybridized carbons (Fsp3) is 0.407. The highest BCUT2D eigenvalue weighted by Crippen LogP contribution is 2.34. The van der Waals surface area contributed by atoms with Crippen molar-refractivity contribution in [3.63, 3.8) is 0 Å². The monoisotopic (exact) mass is 529 g/mol. The Hall–Kier alpha value is -4.07. The number of halogens is 3. The first-order valence-electron chi connectivity index (χ1n) is 12.1. The second-order valence-electron chi connectivity index (χ2n) is 9.42. The van der Waals surface area contributed by atoms with Crippen molar-refractivity contribution in [1.29, 1.82) is 5.26 Å². The quantitative estimate of drug-likeness (QED) is 0.480. The summed E-state index contributed by atoms with van der Waals surface area (Å²) in [6.45, 7) is 0.163. The second-order valence-corrected chi connectivity index (χ2v) is 9.42. The Balaban J connectivity index is 1.73. The van der Waals surface area contributed by atoms with Crippen molar-refractivity contribution in [3.05, 3.63) is 73.4 Å². The molecule has 0 aliphatic heterocycles. The molecule has 1 heterocycles. The number of fused-ring (bicyclic) bond motifs is 1. The third-order valence-corrected chi connectivity index (χ3v) is 7.15. The van der Waals surface area contributed by atoms with Crippen LogP contribution in [0.15, 0.2) is 39.9 Å². The average Bonchev–Trinajstić information content (AvgIpc) is 2.90. The van der Waals surface area contributed by atoms with E-state index in [1.807, 2.05) is 0 Å². The molecule has 2 aromatic carbocycles. The molecule has 4 rings (SSSR count). The maximum absolute atomic E-state index is 13.5. The molecule has 0 bridgehead atoms. The van der Waals surface area contributed by atoms with Gasteiger partial charge in [-0.2, -0.15) is 18.4 Å². The van der Waals surface area contributed by atoms with Gasteiger partial charge in [0, 0.05) is 13.0 Å². The zero-order chi connectivity index (χ0) is 27.6. The number of nitriles is 1. The van der Waals surface area contributed by atoms with Crippen LogP contribution < -0.4 is 16.0 Å². The number of H-pyrrole nitrogens is 1. The molecule has 1 aliphatic rings. The highest BCUT2D eigenvalue weighted by Gasteiger charge is 2.34. The number of esters is 1. The Morgan fingerprint density at radius 2 is 1.84 bits per heavy atom. The SMILES string of the molecule is COc1cc(Cc2cccc(C(F)(F)F)c2C#N)c2[nH]c(=O)n(C[C@H]3CC[C@H](C(=O)OC)CC3)c(=O)c2c1. The third-order valence-electron chi connectivity index (χ3n) is 7.15. The minimum atomic E-state index is -4.71. The summed E-state index contributed by atoms with van der Waals surface area (Å²) in [4.78, 5) is 41.0. The van der Waals surface area contributed by atoms with Crippen LogP contribution in [-0.4, -0.2) is 29.7 Å². The van der Waals surface area contributed by atoms with Crippen molar-refractivity contribution in [2.45, 2.75) is 44.8 Å². The van der Waals surface area contributed by atoms with Crippen LogP contribution >= 0.6 is 0 Å². The summed E-state index contributed by atoms with van der Waals surface area (Å²) in [7, 11) is 2.74. The lowest BCUT2D eigenvalue weighted by Gasteiger charge is -2.27. The number of hydrogen-bond acceptors (Lipinski definition) is 6. The largest absolute Gasteiger partial charge is 0.497 e. The maximum Gasteiger partial charge on any atom is 0.417 e. The first kappa shape index (κ1) is 27.0. The van der Waals surface area contributed by atoms with E-state index < -0.39 is 28.6 Å². The van der Waals surface area contributed by atoms with Crippen molar-refractivity contribution in [1.82, 2.24) is 9.55 Å². The van der Waals surface area contributed by atoms with Crippen LogP contribution in [-0.2, 0) is 28.7 Å². The Morgan fingerprint density at radius 1 is 1.13 bits per heavy atom. The number of alkyl halides is 3. The van der Waals surface area contributed by atoms with Crippen LogP contribution in [0.1, 0.15) is 47.9 Å². The zero-order valence-electron chi connectivity index (χ0n) is 20.9. The van der Waals surface area contributed by atoms with Gasteiger partial charge in [0.05, 0.1) is 42.2 Å². The number of nitrogens with one attached hydrogen (secondary N) is 1. The van der Waals surface area contributed by atoms with E-state index in [1.165, 1.54) is 38.5 Å². The molecule has 1 saturated carbocycles. The van der Waals surface area contributed by atoms with Gasteiger partial charge in [0.1, 0.15) is 11.8 Å². The van der Waals surface area contributed by atoms with Gasteiger partial charge >= 0.3 is 17.8 Å². The van der Waals surface area contributed by atoms with Gasteiger partial charge in [-0.05, 0) is 60.9 Å². The molecule has 1 aliphatic carbocycles. The average molecular weight is 530 g/mol. The van der Waals surface area contributed by atoms with Gasteiger partial charge < -0.3 is 14.5 Å². The van der Waals surface area contributed by atoms with E-state index in [0.717, 1.165) is 10.6 Å². The van der Waals surface area contributed by atoms with Gasteiger partial charge in [0.25, 0.3) is 5.56 Å². The van der Waals surface area contributed by atoms with Gasteiger partial charge in [0.2, 0.25) is 0 Å². The number of aromatic amines is 1. The van der Waals surface area contributed by atoms with Crippen LogP contribution in [0, 0.1) is 23.2 Å². The van der Waals surface area contributed by atoms with Crippen molar-refractivity contribution in [2.24, 2.45) is 11.8 Å². The minimum Gasteiger partial charge on any atom is -0.497 e. The fourth-order valence-corrected chi connectivity index (χ4v) is 5.15. The van der Waals surface area contributed by atoms with Crippen molar-refractivity contribution >= 4 is 16.9 Å². The smallest absolute Gasteiger partial charge is 0.417 e. The van der Waals surface area contributed by atoms with E-state index in [0.29, 0.717) is 31.2 Å². The molecule has 11 heteroatoms. The number of aromatic nitrogens is 2. The highest BCUT2D eigenvalue weighted by atomic mass is 19.4. The van der Waals surface area contributed by atoms with Crippen LogP contribution in [0.2, 0.25) is 0 Å². The van der Waals surface area contributed by atoms with Gasteiger partial charge in [-0.1, -0.05) is 12.1 Å². The van der Waals surface area contributed by atoms with E-state index in [2.05, 4.69) is 4.98 Å². The molecular weight excluding hydrogens is 503 g/mol. The first-order chi connectivity index (χ1) is 18.1. The van der Waals surface area contributed by atoms with Gasteiger partial charge in [-0.15, -0.1) is 0 Å². The summed E-state index contributed by atoms with van der Waals surface area (Å²) in [5.41, 5.74) is -2.15. The number of hydrogen-bond donors (Lipinski definition) is 1. The van der Waals surface area contributed by atoms with Crippen LogP contribution in [0.5, 0.6) is 5.75 Å². The molecule has 0 spiro atoms. The van der Waals surface area contributed by atoms with Crippen molar-refractivity contribution < 1.29 is 27.4 Å². The summed E-state index contributed by atoms with van der Waals surface area (Å²) in [5.74, 6) is -0.152. The van der Waals surface area contributed by atoms with Crippen molar-refractivity contribution in [2.75, 3.05) is 14.2 Å². The molecule has 1 N–H and O–H groups in total. The number of carbonyl (C=O) groups excluding carboxylic acids is 1. The molecule has 8 nitrogen and oxygen atoms in total. The molecular formula is C27H26F3N3O5. The number of benzene rings is 2. The van der Waals surface area contributed by atoms with E-state index in [4.69, 9.17) is 9.47 Å². The summed E-state index contributed by atoms with van der Waals surface area (Å²) in [6.07, 6.45) is -2.34. The van der Waals surface area contributed by atoms with E-state index in [-0.39, 0.29) is 53.0 Å². The highest BCUT2D eigenvalue weighted by molar-refractivity contribution is 5.83. The molecule has 0 amide bonds. The topological polar surface area (TPSA) is 114 Å². The number of carbonyl (C=O) groups is 1. The first-order valence-corrected chi connectivity index (χ1v) is 12.1. The Kier molecular flexibility index (Phi) is 7.62. The summed E-state index contributed by atoms with van der Waals surface area (Å²) < 4.78 is 51.6. The molecule has 0 unspecified atom stereocenters. The van der Waals surface area contributed by atoms with Gasteiger partial charge in [0.15, 0.2) is 0 Å². The lowest BCUT2D eigenvalue weighted by Crippen LogP contribution is -2.38. The Morgan fingerprint density at radius 3 is 2.45 bits per heavy atom. The molecule has 1 fully saturated rings. The molecule has 0 saturated heterocycles. The van der Waals surface area contributed by atoms with Gasteiger partial charge in [-0.3, -0.25) is 14.2 Å². The number of nitrogens with zero attached hydrogens (tertiary/aromatic N) is 2. The zero-order valence-corrected chi connectivity index (χ0v) is 20.9. The number of ether oxygens (including phenoxy) is 2. The molecule has 200 valence electrons. The number of rotatable bonds is 6. The fourth-order valence-electron chi connectivity index (χ4n) is 5.15. The summed E-state index contributed by atoms with van der Waals surface area (Å²) in [6, 6.07) is 8.10. The molecule has 38 heavy (non-hydrogen) atoms. The van der Waals surface area contributed by atoms with E-state index >= 15 is 0 Å². The van der Waals surface area contributed by atoms with E-state index in [1.54, 1.807) is 6.07 Å².